The molecule has 112 valence electrons. The summed E-state index contributed by atoms with van der Waals surface area (Å²) in [7, 11) is 0. The van der Waals surface area contributed by atoms with E-state index in [4.69, 9.17) is 9.47 Å². The third kappa shape index (κ3) is 5.10. The molecule has 0 aliphatic carbocycles. The summed E-state index contributed by atoms with van der Waals surface area (Å²) in [6.07, 6.45) is 1.09. The number of nitrogens with one attached hydrogen (secondary N) is 1. The van der Waals surface area contributed by atoms with Gasteiger partial charge in [-0.1, -0.05) is 13.8 Å². The lowest BCUT2D eigenvalue weighted by molar-refractivity contribution is 0.165. The Morgan fingerprint density at radius 1 is 1.45 bits per heavy atom. The topological polar surface area (TPSA) is 43.4 Å². The van der Waals surface area contributed by atoms with Crippen molar-refractivity contribution in [1.29, 1.82) is 0 Å². The molecule has 1 aromatic rings. The van der Waals surface area contributed by atoms with Gasteiger partial charge < -0.3 is 14.8 Å². The van der Waals surface area contributed by atoms with Crippen molar-refractivity contribution >= 4 is 0 Å². The minimum Gasteiger partial charge on any atom is -0.477 e. The van der Waals surface area contributed by atoms with Gasteiger partial charge in [-0.15, -0.1) is 0 Å². The molecule has 0 spiro atoms. The van der Waals surface area contributed by atoms with Gasteiger partial charge in [-0.25, -0.2) is 4.98 Å². The molecular formula is C16H26N2O2. The smallest absolute Gasteiger partial charge is 0.213 e. The third-order valence-electron chi connectivity index (χ3n) is 3.36. The molecule has 0 aromatic carbocycles. The van der Waals surface area contributed by atoms with Crippen LogP contribution >= 0.6 is 0 Å². The van der Waals surface area contributed by atoms with Crippen molar-refractivity contribution in [3.63, 3.8) is 0 Å². The third-order valence-corrected chi connectivity index (χ3v) is 3.36. The van der Waals surface area contributed by atoms with Gasteiger partial charge in [0, 0.05) is 30.8 Å². The van der Waals surface area contributed by atoms with Crippen LogP contribution in [-0.2, 0) is 11.3 Å². The lowest BCUT2D eigenvalue weighted by atomic mass is 10.1. The molecule has 0 bridgehead atoms. The fourth-order valence-corrected chi connectivity index (χ4v) is 2.31. The van der Waals surface area contributed by atoms with Crippen LogP contribution in [0.25, 0.3) is 0 Å². The van der Waals surface area contributed by atoms with Gasteiger partial charge in [0.15, 0.2) is 0 Å². The SMILES string of the molecule is Cc1cc(CNCC(C)C)cc(OCC2CCOC2)n1. The van der Waals surface area contributed by atoms with Gasteiger partial charge in [0.05, 0.1) is 13.2 Å². The normalized spacial score (nSPS) is 18.7. The monoisotopic (exact) mass is 278 g/mol. The highest BCUT2D eigenvalue weighted by molar-refractivity contribution is 5.24. The van der Waals surface area contributed by atoms with Gasteiger partial charge in [-0.3, -0.25) is 0 Å². The number of aromatic nitrogens is 1. The summed E-state index contributed by atoms with van der Waals surface area (Å²) in [6, 6.07) is 4.15. The van der Waals surface area contributed by atoms with Gasteiger partial charge in [0.1, 0.15) is 0 Å². The van der Waals surface area contributed by atoms with E-state index in [0.717, 1.165) is 44.3 Å². The van der Waals surface area contributed by atoms with Crippen molar-refractivity contribution in [3.05, 3.63) is 23.4 Å². The van der Waals surface area contributed by atoms with Crippen molar-refractivity contribution in [2.24, 2.45) is 11.8 Å². The van der Waals surface area contributed by atoms with E-state index >= 15 is 0 Å². The number of pyridine rings is 1. The zero-order chi connectivity index (χ0) is 14.4. The first-order chi connectivity index (χ1) is 9.63. The molecule has 1 unspecified atom stereocenters. The van der Waals surface area contributed by atoms with E-state index in [1.54, 1.807) is 0 Å². The van der Waals surface area contributed by atoms with Crippen LogP contribution in [0, 0.1) is 18.8 Å². The second-order valence-corrected chi connectivity index (χ2v) is 6.02. The average molecular weight is 278 g/mol. The molecule has 1 aliphatic rings. The molecule has 4 nitrogen and oxygen atoms in total. The lowest BCUT2D eigenvalue weighted by Crippen LogP contribution is -2.19. The van der Waals surface area contributed by atoms with Crippen LogP contribution in [0.3, 0.4) is 0 Å². The Labute approximate surface area is 121 Å². The maximum absolute atomic E-state index is 5.82. The fraction of sp³-hybridized carbons (Fsp3) is 0.688. The molecule has 0 saturated carbocycles. The lowest BCUT2D eigenvalue weighted by Gasteiger charge is -2.12. The minimum atomic E-state index is 0.514. The molecule has 1 aromatic heterocycles. The van der Waals surface area contributed by atoms with Crippen LogP contribution in [0.5, 0.6) is 5.88 Å². The molecule has 1 saturated heterocycles. The van der Waals surface area contributed by atoms with Crippen LogP contribution < -0.4 is 10.1 Å². The molecule has 1 fully saturated rings. The molecule has 0 amide bonds. The fourth-order valence-electron chi connectivity index (χ4n) is 2.31. The maximum Gasteiger partial charge on any atom is 0.213 e. The van der Waals surface area contributed by atoms with Gasteiger partial charge >= 0.3 is 0 Å². The summed E-state index contributed by atoms with van der Waals surface area (Å²) < 4.78 is 11.2. The van der Waals surface area contributed by atoms with Crippen LogP contribution in [0.1, 0.15) is 31.5 Å². The molecule has 1 aliphatic heterocycles. The summed E-state index contributed by atoms with van der Waals surface area (Å²) in [5, 5.41) is 3.45. The molecule has 1 atom stereocenters. The average Bonchev–Trinajstić information content (AvgIpc) is 2.88. The summed E-state index contributed by atoms with van der Waals surface area (Å²) in [4.78, 5) is 4.45. The predicted molar refractivity (Wildman–Crippen MR) is 79.9 cm³/mol. The van der Waals surface area contributed by atoms with Crippen LogP contribution in [0.15, 0.2) is 12.1 Å². The molecule has 0 radical (unpaired) electrons. The quantitative estimate of drug-likeness (QED) is 0.832. The highest BCUT2D eigenvalue weighted by Gasteiger charge is 2.16. The van der Waals surface area contributed by atoms with E-state index < -0.39 is 0 Å². The van der Waals surface area contributed by atoms with E-state index in [2.05, 4.69) is 30.2 Å². The standard InChI is InChI=1S/C16H26N2O2/c1-12(2)8-17-9-15-6-13(3)18-16(7-15)20-11-14-4-5-19-10-14/h6-7,12,14,17H,4-5,8-11H2,1-3H3. The van der Waals surface area contributed by atoms with E-state index in [1.165, 1.54) is 5.56 Å². The van der Waals surface area contributed by atoms with Crippen LogP contribution in [0.2, 0.25) is 0 Å². The predicted octanol–water partition coefficient (Wildman–Crippen LogP) is 2.55. The largest absolute Gasteiger partial charge is 0.477 e. The molecular weight excluding hydrogens is 252 g/mol. The summed E-state index contributed by atoms with van der Waals surface area (Å²) >= 11 is 0. The van der Waals surface area contributed by atoms with Crippen molar-refractivity contribution in [3.8, 4) is 5.88 Å². The van der Waals surface area contributed by atoms with E-state index in [0.29, 0.717) is 18.4 Å². The first-order valence-electron chi connectivity index (χ1n) is 7.52. The van der Waals surface area contributed by atoms with Gasteiger partial charge in [0.2, 0.25) is 5.88 Å². The van der Waals surface area contributed by atoms with Gasteiger partial charge in [0.25, 0.3) is 0 Å². The molecule has 4 heteroatoms. The molecule has 20 heavy (non-hydrogen) atoms. The van der Waals surface area contributed by atoms with Crippen LogP contribution in [-0.4, -0.2) is 31.3 Å². The summed E-state index contributed by atoms with van der Waals surface area (Å²) in [5.41, 5.74) is 2.24. The van der Waals surface area contributed by atoms with E-state index in [9.17, 15) is 0 Å². The minimum absolute atomic E-state index is 0.514. The van der Waals surface area contributed by atoms with Crippen molar-refractivity contribution in [2.75, 3.05) is 26.4 Å². The number of nitrogens with zero attached hydrogens (tertiary/aromatic N) is 1. The zero-order valence-corrected chi connectivity index (χ0v) is 12.8. The second-order valence-electron chi connectivity index (χ2n) is 6.02. The molecule has 2 rings (SSSR count). The number of ether oxygens (including phenoxy) is 2. The van der Waals surface area contributed by atoms with Crippen molar-refractivity contribution in [1.82, 2.24) is 10.3 Å². The summed E-state index contributed by atoms with van der Waals surface area (Å²) in [5.74, 6) is 1.91. The first-order valence-corrected chi connectivity index (χ1v) is 7.52. The Bertz CT molecular complexity index is 415. The second kappa shape index (κ2) is 7.60. The molecule has 2 heterocycles. The van der Waals surface area contributed by atoms with E-state index in [1.807, 2.05) is 13.0 Å². The number of aryl methyl sites for hydroxylation is 1. The number of hydrogen-bond acceptors (Lipinski definition) is 4. The summed E-state index contributed by atoms with van der Waals surface area (Å²) in [6.45, 7) is 10.7. The highest BCUT2D eigenvalue weighted by Crippen LogP contribution is 2.17. The Morgan fingerprint density at radius 2 is 2.30 bits per heavy atom. The van der Waals surface area contributed by atoms with Gasteiger partial charge in [-0.05, 0) is 37.4 Å². The van der Waals surface area contributed by atoms with Crippen LogP contribution in [0.4, 0.5) is 0 Å². The highest BCUT2D eigenvalue weighted by atomic mass is 16.5. The molecule has 1 N–H and O–H groups in total. The number of rotatable bonds is 7. The first kappa shape index (κ1) is 15.3. The van der Waals surface area contributed by atoms with Crippen molar-refractivity contribution < 1.29 is 9.47 Å². The van der Waals surface area contributed by atoms with Crippen molar-refractivity contribution in [2.45, 2.75) is 33.7 Å². The Kier molecular flexibility index (Phi) is 5.80. The number of hydrogen-bond donors (Lipinski definition) is 1. The van der Waals surface area contributed by atoms with Gasteiger partial charge in [-0.2, -0.15) is 0 Å². The Hall–Kier alpha value is -1.13. The Balaban J connectivity index is 1.86. The Morgan fingerprint density at radius 3 is 3.00 bits per heavy atom. The zero-order valence-electron chi connectivity index (χ0n) is 12.8. The maximum atomic E-state index is 5.82. The van der Waals surface area contributed by atoms with E-state index in [-0.39, 0.29) is 0 Å².